The smallest absolute Gasteiger partial charge is 0.227 e. The van der Waals surface area contributed by atoms with Crippen molar-refractivity contribution in [3.63, 3.8) is 0 Å². The highest BCUT2D eigenvalue weighted by Gasteiger charge is 2.13. The molecule has 0 saturated heterocycles. The van der Waals surface area contributed by atoms with Gasteiger partial charge in [-0.1, -0.05) is 30.3 Å². The van der Waals surface area contributed by atoms with Crippen molar-refractivity contribution >= 4 is 28.6 Å². The molecule has 0 atom stereocenters. The SMILES string of the molecule is CC[n+]1c(C=CN(C(C)=O)c2ccccc2)ccc2ccccc21.[I-]. The van der Waals surface area contributed by atoms with Gasteiger partial charge in [0.05, 0.1) is 0 Å². The van der Waals surface area contributed by atoms with Crippen LogP contribution in [0.1, 0.15) is 19.5 Å². The molecule has 3 rings (SSSR count). The number of nitrogens with zero attached hydrogens (tertiary/aromatic N) is 2. The minimum Gasteiger partial charge on any atom is -1.00 e. The van der Waals surface area contributed by atoms with Crippen molar-refractivity contribution < 1.29 is 33.3 Å². The van der Waals surface area contributed by atoms with Gasteiger partial charge < -0.3 is 24.0 Å². The highest BCUT2D eigenvalue weighted by atomic mass is 127. The number of rotatable bonds is 4. The van der Waals surface area contributed by atoms with Gasteiger partial charge in [-0.3, -0.25) is 9.69 Å². The van der Waals surface area contributed by atoms with Crippen molar-refractivity contribution in [2.75, 3.05) is 4.90 Å². The molecule has 0 saturated carbocycles. The first-order valence-electron chi connectivity index (χ1n) is 8.15. The monoisotopic (exact) mass is 444 g/mol. The van der Waals surface area contributed by atoms with Crippen LogP contribution in [0.25, 0.3) is 17.0 Å². The van der Waals surface area contributed by atoms with E-state index in [1.807, 2.05) is 54.7 Å². The van der Waals surface area contributed by atoms with Gasteiger partial charge in [0.15, 0.2) is 0 Å². The summed E-state index contributed by atoms with van der Waals surface area (Å²) in [7, 11) is 0. The zero-order valence-corrected chi connectivity index (χ0v) is 16.6. The maximum absolute atomic E-state index is 12.0. The third-order valence-corrected chi connectivity index (χ3v) is 4.06. The van der Waals surface area contributed by atoms with E-state index in [1.54, 1.807) is 11.8 Å². The quantitative estimate of drug-likeness (QED) is 0.438. The summed E-state index contributed by atoms with van der Waals surface area (Å²) in [6.07, 6.45) is 3.83. The van der Waals surface area contributed by atoms with Crippen LogP contribution in [0.15, 0.2) is 72.9 Å². The Labute approximate surface area is 165 Å². The van der Waals surface area contributed by atoms with Crippen LogP contribution in [0, 0.1) is 0 Å². The molecule has 4 heteroatoms. The molecule has 25 heavy (non-hydrogen) atoms. The number of benzene rings is 2. The Kier molecular flexibility index (Phi) is 6.70. The van der Waals surface area contributed by atoms with E-state index in [4.69, 9.17) is 0 Å². The molecule has 0 aliphatic carbocycles. The lowest BCUT2D eigenvalue weighted by molar-refractivity contribution is -0.669. The molecule has 0 aliphatic heterocycles. The molecular formula is C21H21IN2O. The summed E-state index contributed by atoms with van der Waals surface area (Å²) >= 11 is 0. The number of amides is 1. The summed E-state index contributed by atoms with van der Waals surface area (Å²) in [5.41, 5.74) is 3.12. The zero-order chi connectivity index (χ0) is 16.9. The highest BCUT2D eigenvalue weighted by Crippen LogP contribution is 2.16. The second kappa shape index (κ2) is 8.76. The van der Waals surface area contributed by atoms with E-state index in [0.29, 0.717) is 0 Å². The lowest BCUT2D eigenvalue weighted by Gasteiger charge is -2.16. The standard InChI is InChI=1S/C21H21N2O.HI/c1-3-22-20(14-13-18-9-7-8-12-21(18)22)15-16-23(17(2)24)19-10-5-4-6-11-19;/h4-16H,3H2,1-2H3;1H/q+1;/p-1. The van der Waals surface area contributed by atoms with Crippen LogP contribution in [0.3, 0.4) is 0 Å². The zero-order valence-electron chi connectivity index (χ0n) is 14.4. The van der Waals surface area contributed by atoms with Gasteiger partial charge >= 0.3 is 0 Å². The second-order valence-corrected chi connectivity index (χ2v) is 5.60. The summed E-state index contributed by atoms with van der Waals surface area (Å²) < 4.78 is 2.25. The van der Waals surface area contributed by atoms with Crippen LogP contribution >= 0.6 is 0 Å². The highest BCUT2D eigenvalue weighted by molar-refractivity contribution is 5.94. The van der Waals surface area contributed by atoms with Crippen LogP contribution in [-0.2, 0) is 11.3 Å². The first-order valence-corrected chi connectivity index (χ1v) is 8.15. The Hall–Kier alpha value is -2.21. The molecule has 1 amide bonds. The lowest BCUT2D eigenvalue weighted by Crippen LogP contribution is -3.00. The number of anilines is 1. The number of pyridine rings is 1. The lowest BCUT2D eigenvalue weighted by atomic mass is 10.2. The van der Waals surface area contributed by atoms with E-state index >= 15 is 0 Å². The number of aryl methyl sites for hydroxylation is 1. The average molecular weight is 444 g/mol. The van der Waals surface area contributed by atoms with Gasteiger partial charge in [0.1, 0.15) is 6.54 Å². The van der Waals surface area contributed by atoms with Gasteiger partial charge in [0.25, 0.3) is 0 Å². The molecule has 2 aromatic carbocycles. The number of hydrogen-bond donors (Lipinski definition) is 0. The van der Waals surface area contributed by atoms with Crippen molar-refractivity contribution in [1.29, 1.82) is 0 Å². The van der Waals surface area contributed by atoms with E-state index in [0.717, 1.165) is 17.9 Å². The Bertz CT molecular complexity index is 891. The summed E-state index contributed by atoms with van der Waals surface area (Å²) in [4.78, 5) is 13.7. The predicted molar refractivity (Wildman–Crippen MR) is 98.5 cm³/mol. The predicted octanol–water partition coefficient (Wildman–Crippen LogP) is 1.17. The number of aromatic nitrogens is 1. The molecule has 0 radical (unpaired) electrons. The molecule has 3 nitrogen and oxygen atoms in total. The van der Waals surface area contributed by atoms with Gasteiger partial charge in [-0.2, -0.15) is 4.57 Å². The van der Waals surface area contributed by atoms with Crippen molar-refractivity contribution in [2.24, 2.45) is 0 Å². The number of carbonyl (C=O) groups excluding carboxylic acids is 1. The van der Waals surface area contributed by atoms with Crippen molar-refractivity contribution in [2.45, 2.75) is 20.4 Å². The van der Waals surface area contributed by atoms with Crippen LogP contribution in [-0.4, -0.2) is 5.91 Å². The van der Waals surface area contributed by atoms with Crippen molar-refractivity contribution in [3.05, 3.63) is 78.6 Å². The summed E-state index contributed by atoms with van der Waals surface area (Å²) in [6, 6.07) is 22.2. The van der Waals surface area contributed by atoms with Crippen LogP contribution < -0.4 is 33.4 Å². The van der Waals surface area contributed by atoms with Crippen LogP contribution in [0.4, 0.5) is 5.69 Å². The van der Waals surface area contributed by atoms with Gasteiger partial charge in [0.2, 0.25) is 17.1 Å². The molecular weight excluding hydrogens is 423 g/mol. The fourth-order valence-electron chi connectivity index (χ4n) is 2.89. The minimum atomic E-state index is -0.0127. The van der Waals surface area contributed by atoms with Crippen molar-refractivity contribution in [1.82, 2.24) is 0 Å². The summed E-state index contributed by atoms with van der Waals surface area (Å²) in [5, 5.41) is 1.21. The van der Waals surface area contributed by atoms with Crippen molar-refractivity contribution in [3.8, 4) is 0 Å². The molecule has 0 bridgehead atoms. The molecule has 128 valence electrons. The molecule has 0 spiro atoms. The summed E-state index contributed by atoms with van der Waals surface area (Å²) in [5.74, 6) is -0.0127. The number of halogens is 1. The maximum atomic E-state index is 12.0. The van der Waals surface area contributed by atoms with E-state index in [2.05, 4.69) is 35.8 Å². The Balaban J connectivity index is 0.00000225. The van der Waals surface area contributed by atoms with Gasteiger partial charge in [-0.15, -0.1) is 0 Å². The average Bonchev–Trinajstić information content (AvgIpc) is 2.62. The third-order valence-electron chi connectivity index (χ3n) is 4.06. The molecule has 3 aromatic rings. The van der Waals surface area contributed by atoms with E-state index in [1.165, 1.54) is 10.9 Å². The van der Waals surface area contributed by atoms with Crippen LogP contribution in [0.2, 0.25) is 0 Å². The molecule has 0 unspecified atom stereocenters. The normalized spacial score (nSPS) is 10.6. The Morgan fingerprint density at radius 1 is 1.00 bits per heavy atom. The molecule has 1 aromatic heterocycles. The number of hydrogen-bond acceptors (Lipinski definition) is 1. The fourth-order valence-corrected chi connectivity index (χ4v) is 2.89. The van der Waals surface area contributed by atoms with Crippen LogP contribution in [0.5, 0.6) is 0 Å². The number of carbonyl (C=O) groups is 1. The first kappa shape index (κ1) is 19.1. The summed E-state index contributed by atoms with van der Waals surface area (Å²) in [6.45, 7) is 4.57. The second-order valence-electron chi connectivity index (χ2n) is 5.60. The van der Waals surface area contributed by atoms with Gasteiger partial charge in [0, 0.05) is 42.4 Å². The van der Waals surface area contributed by atoms with Gasteiger partial charge in [-0.25, -0.2) is 0 Å². The largest absolute Gasteiger partial charge is 1.00 e. The van der Waals surface area contributed by atoms with Gasteiger partial charge in [-0.05, 0) is 31.2 Å². The molecule has 0 aliphatic rings. The topological polar surface area (TPSA) is 24.2 Å². The third kappa shape index (κ3) is 4.25. The van der Waals surface area contributed by atoms with E-state index < -0.39 is 0 Å². The molecule has 0 fully saturated rings. The fraction of sp³-hybridized carbons (Fsp3) is 0.143. The Morgan fingerprint density at radius 2 is 1.68 bits per heavy atom. The molecule has 1 heterocycles. The number of para-hydroxylation sites is 2. The Morgan fingerprint density at radius 3 is 2.36 bits per heavy atom. The maximum Gasteiger partial charge on any atom is 0.227 e. The first-order chi connectivity index (χ1) is 11.7. The molecule has 0 N–H and O–H groups in total. The minimum absolute atomic E-state index is 0. The van der Waals surface area contributed by atoms with E-state index in [-0.39, 0.29) is 29.9 Å². The van der Waals surface area contributed by atoms with E-state index in [9.17, 15) is 4.79 Å². The number of fused-ring (bicyclic) bond motifs is 1.